The third kappa shape index (κ3) is 1.76. The van der Waals surface area contributed by atoms with Gasteiger partial charge in [-0.15, -0.1) is 0 Å². The third-order valence-corrected chi connectivity index (χ3v) is 3.71. The molecule has 2 aliphatic rings. The molecule has 2 N–H and O–H groups in total. The van der Waals surface area contributed by atoms with Crippen molar-refractivity contribution in [2.75, 3.05) is 13.2 Å². The predicted molar refractivity (Wildman–Crippen MR) is 61.2 cm³/mol. The maximum Gasteiger partial charge on any atom is 0.125 e. The average Bonchev–Trinajstić information content (AvgIpc) is 2.76. The summed E-state index contributed by atoms with van der Waals surface area (Å²) in [5.41, 5.74) is 7.31. The standard InChI is InChI=1S/C12H19N3O/c13-10-2-1-5-15-8-11(14-12(10)15)9-3-6-16-7-4-9/h8-10H,1-7,13H2. The first-order chi connectivity index (χ1) is 7.84. The summed E-state index contributed by atoms with van der Waals surface area (Å²) >= 11 is 0. The summed E-state index contributed by atoms with van der Waals surface area (Å²) in [4.78, 5) is 4.74. The highest BCUT2D eigenvalue weighted by Crippen LogP contribution is 2.29. The van der Waals surface area contributed by atoms with Gasteiger partial charge in [-0.2, -0.15) is 0 Å². The first-order valence-electron chi connectivity index (χ1n) is 6.25. The van der Waals surface area contributed by atoms with Gasteiger partial charge in [0.2, 0.25) is 0 Å². The fourth-order valence-electron chi connectivity index (χ4n) is 2.73. The number of ether oxygens (including phenoxy) is 1. The molecule has 0 bridgehead atoms. The molecule has 88 valence electrons. The number of hydrogen-bond donors (Lipinski definition) is 1. The molecule has 0 amide bonds. The zero-order chi connectivity index (χ0) is 11.0. The van der Waals surface area contributed by atoms with Crippen molar-refractivity contribution >= 4 is 0 Å². The Kier molecular flexibility index (Phi) is 2.69. The van der Waals surface area contributed by atoms with Crippen molar-refractivity contribution in [1.82, 2.24) is 9.55 Å². The molecular formula is C12H19N3O. The van der Waals surface area contributed by atoms with E-state index in [4.69, 9.17) is 15.5 Å². The molecule has 4 nitrogen and oxygen atoms in total. The van der Waals surface area contributed by atoms with Gasteiger partial charge in [0.1, 0.15) is 5.82 Å². The first-order valence-corrected chi connectivity index (χ1v) is 6.25. The van der Waals surface area contributed by atoms with Crippen LogP contribution in [0.25, 0.3) is 0 Å². The van der Waals surface area contributed by atoms with Crippen LogP contribution in [0.2, 0.25) is 0 Å². The van der Waals surface area contributed by atoms with Crippen molar-refractivity contribution in [3.8, 4) is 0 Å². The van der Waals surface area contributed by atoms with Gasteiger partial charge in [-0.25, -0.2) is 4.98 Å². The Labute approximate surface area is 95.8 Å². The summed E-state index contributed by atoms with van der Waals surface area (Å²) < 4.78 is 7.63. The van der Waals surface area contributed by atoms with E-state index >= 15 is 0 Å². The van der Waals surface area contributed by atoms with Gasteiger partial charge in [-0.1, -0.05) is 0 Å². The molecule has 1 atom stereocenters. The monoisotopic (exact) mass is 221 g/mol. The molecule has 1 aromatic rings. The van der Waals surface area contributed by atoms with E-state index in [-0.39, 0.29) is 6.04 Å². The highest BCUT2D eigenvalue weighted by atomic mass is 16.5. The molecule has 0 spiro atoms. The van der Waals surface area contributed by atoms with E-state index in [2.05, 4.69) is 10.8 Å². The van der Waals surface area contributed by atoms with Crippen molar-refractivity contribution in [2.45, 2.75) is 44.2 Å². The second-order valence-electron chi connectivity index (χ2n) is 4.85. The molecular weight excluding hydrogens is 202 g/mol. The van der Waals surface area contributed by atoms with Crippen LogP contribution < -0.4 is 5.73 Å². The Balaban J connectivity index is 1.85. The van der Waals surface area contributed by atoms with Gasteiger partial charge in [0.25, 0.3) is 0 Å². The van der Waals surface area contributed by atoms with Crippen LogP contribution in [-0.4, -0.2) is 22.8 Å². The van der Waals surface area contributed by atoms with Crippen molar-refractivity contribution < 1.29 is 4.74 Å². The van der Waals surface area contributed by atoms with Gasteiger partial charge in [-0.3, -0.25) is 0 Å². The Hall–Kier alpha value is -0.870. The summed E-state index contributed by atoms with van der Waals surface area (Å²) in [6.45, 7) is 2.83. The first kappa shape index (κ1) is 10.3. The molecule has 1 fully saturated rings. The number of nitrogens with two attached hydrogens (primary N) is 1. The Morgan fingerprint density at radius 3 is 2.88 bits per heavy atom. The molecule has 0 aliphatic carbocycles. The minimum Gasteiger partial charge on any atom is -0.381 e. The van der Waals surface area contributed by atoms with Gasteiger partial charge in [0, 0.05) is 31.9 Å². The normalized spacial score (nSPS) is 26.7. The summed E-state index contributed by atoms with van der Waals surface area (Å²) in [6.07, 6.45) is 6.67. The van der Waals surface area contributed by atoms with Crippen LogP contribution in [-0.2, 0) is 11.3 Å². The zero-order valence-corrected chi connectivity index (χ0v) is 9.56. The lowest BCUT2D eigenvalue weighted by molar-refractivity contribution is 0.0845. The quantitative estimate of drug-likeness (QED) is 0.783. The topological polar surface area (TPSA) is 53.1 Å². The number of aromatic nitrogens is 2. The largest absolute Gasteiger partial charge is 0.381 e. The molecule has 1 saturated heterocycles. The SMILES string of the molecule is NC1CCCn2cc(C3CCOCC3)nc21. The van der Waals surface area contributed by atoms with E-state index in [1.54, 1.807) is 0 Å². The smallest absolute Gasteiger partial charge is 0.125 e. The predicted octanol–water partition coefficient (Wildman–Crippen LogP) is 1.57. The number of rotatable bonds is 1. The summed E-state index contributed by atoms with van der Waals surface area (Å²) in [5, 5.41) is 0. The maximum absolute atomic E-state index is 6.08. The number of fused-ring (bicyclic) bond motifs is 1. The van der Waals surface area contributed by atoms with E-state index in [9.17, 15) is 0 Å². The van der Waals surface area contributed by atoms with E-state index in [1.165, 1.54) is 12.1 Å². The van der Waals surface area contributed by atoms with E-state index in [0.29, 0.717) is 5.92 Å². The van der Waals surface area contributed by atoms with Crippen LogP contribution >= 0.6 is 0 Å². The molecule has 1 aromatic heterocycles. The Morgan fingerprint density at radius 1 is 1.31 bits per heavy atom. The summed E-state index contributed by atoms with van der Waals surface area (Å²) in [7, 11) is 0. The van der Waals surface area contributed by atoms with Crippen molar-refractivity contribution in [2.24, 2.45) is 5.73 Å². The van der Waals surface area contributed by atoms with E-state index in [0.717, 1.165) is 44.8 Å². The Morgan fingerprint density at radius 2 is 2.12 bits per heavy atom. The number of nitrogens with zero attached hydrogens (tertiary/aromatic N) is 2. The minimum atomic E-state index is 0.141. The number of hydrogen-bond acceptors (Lipinski definition) is 3. The number of aryl methyl sites for hydroxylation is 1. The van der Waals surface area contributed by atoms with E-state index in [1.807, 2.05) is 0 Å². The molecule has 3 rings (SSSR count). The molecule has 2 aliphatic heterocycles. The van der Waals surface area contributed by atoms with Crippen LogP contribution in [0.15, 0.2) is 6.20 Å². The number of imidazole rings is 1. The van der Waals surface area contributed by atoms with Gasteiger partial charge in [0.15, 0.2) is 0 Å². The minimum absolute atomic E-state index is 0.141. The zero-order valence-electron chi connectivity index (χ0n) is 9.56. The van der Waals surface area contributed by atoms with Crippen LogP contribution in [0.5, 0.6) is 0 Å². The van der Waals surface area contributed by atoms with Gasteiger partial charge in [0.05, 0.1) is 11.7 Å². The molecule has 16 heavy (non-hydrogen) atoms. The van der Waals surface area contributed by atoms with Crippen LogP contribution in [0.4, 0.5) is 0 Å². The van der Waals surface area contributed by atoms with Gasteiger partial charge in [-0.05, 0) is 25.7 Å². The highest BCUT2D eigenvalue weighted by molar-refractivity contribution is 5.14. The lowest BCUT2D eigenvalue weighted by Crippen LogP contribution is -2.21. The highest BCUT2D eigenvalue weighted by Gasteiger charge is 2.24. The molecule has 0 saturated carbocycles. The molecule has 0 aromatic carbocycles. The van der Waals surface area contributed by atoms with Crippen LogP contribution in [0, 0.1) is 0 Å². The third-order valence-electron chi connectivity index (χ3n) is 3.71. The molecule has 4 heteroatoms. The lowest BCUT2D eigenvalue weighted by Gasteiger charge is -2.19. The van der Waals surface area contributed by atoms with Gasteiger partial charge >= 0.3 is 0 Å². The lowest BCUT2D eigenvalue weighted by atomic mass is 9.97. The summed E-state index contributed by atoms with van der Waals surface area (Å²) in [5.74, 6) is 1.67. The van der Waals surface area contributed by atoms with Crippen LogP contribution in [0.3, 0.4) is 0 Å². The fraction of sp³-hybridized carbons (Fsp3) is 0.750. The second-order valence-corrected chi connectivity index (χ2v) is 4.85. The van der Waals surface area contributed by atoms with Crippen molar-refractivity contribution in [1.29, 1.82) is 0 Å². The summed E-state index contributed by atoms with van der Waals surface area (Å²) in [6, 6.07) is 0.141. The van der Waals surface area contributed by atoms with Crippen LogP contribution in [0.1, 0.15) is 49.2 Å². The second kappa shape index (κ2) is 4.18. The molecule has 1 unspecified atom stereocenters. The Bertz CT molecular complexity index is 368. The van der Waals surface area contributed by atoms with Crippen molar-refractivity contribution in [3.63, 3.8) is 0 Å². The van der Waals surface area contributed by atoms with Crippen molar-refractivity contribution in [3.05, 3.63) is 17.7 Å². The fourth-order valence-corrected chi connectivity index (χ4v) is 2.73. The van der Waals surface area contributed by atoms with Gasteiger partial charge < -0.3 is 15.0 Å². The average molecular weight is 221 g/mol. The molecule has 3 heterocycles. The molecule has 0 radical (unpaired) electrons. The van der Waals surface area contributed by atoms with E-state index < -0.39 is 0 Å². The maximum atomic E-state index is 6.08.